The number of nitrogens with zero attached hydrogens (tertiary/aromatic N) is 2. The molecular weight excluding hydrogens is 296 g/mol. The molecule has 0 saturated heterocycles. The summed E-state index contributed by atoms with van der Waals surface area (Å²) >= 11 is 0. The first-order valence-corrected chi connectivity index (χ1v) is 7.42. The lowest BCUT2D eigenvalue weighted by molar-refractivity contribution is 0.282. The first-order valence-electron chi connectivity index (χ1n) is 7.42. The highest BCUT2D eigenvalue weighted by Gasteiger charge is 1.97. The summed E-state index contributed by atoms with van der Waals surface area (Å²) in [5.41, 5.74) is 4.08. The van der Waals surface area contributed by atoms with Crippen molar-refractivity contribution >= 4 is 0 Å². The Kier molecular flexibility index (Phi) is 5.00. The Labute approximate surface area is 141 Å². The van der Waals surface area contributed by atoms with E-state index in [2.05, 4.69) is 33.6 Å². The van der Waals surface area contributed by atoms with Crippen molar-refractivity contribution in [2.24, 2.45) is 0 Å². The molecule has 0 aliphatic heterocycles. The fraction of sp³-hybridized carbons (Fsp3) is 0.0476. The second kappa shape index (κ2) is 7.74. The summed E-state index contributed by atoms with van der Waals surface area (Å²) in [6, 6.07) is 13.1. The molecule has 0 bridgehead atoms. The van der Waals surface area contributed by atoms with Crippen LogP contribution < -0.4 is 0 Å². The van der Waals surface area contributed by atoms with E-state index in [1.807, 2.05) is 42.5 Å². The first kappa shape index (κ1) is 15.5. The van der Waals surface area contributed by atoms with Crippen LogP contribution in [0.2, 0.25) is 0 Å². The van der Waals surface area contributed by atoms with Gasteiger partial charge in [-0.2, -0.15) is 0 Å². The van der Waals surface area contributed by atoms with E-state index in [-0.39, 0.29) is 6.61 Å². The number of aliphatic hydroxyl groups excluding tert-OH is 1. The van der Waals surface area contributed by atoms with Gasteiger partial charge in [-0.05, 0) is 48.0 Å². The zero-order chi connectivity index (χ0) is 16.6. The lowest BCUT2D eigenvalue weighted by atomic mass is 10.1. The van der Waals surface area contributed by atoms with Gasteiger partial charge in [-0.3, -0.25) is 9.97 Å². The minimum atomic E-state index is -0.0516. The number of rotatable bonds is 1. The summed E-state index contributed by atoms with van der Waals surface area (Å²) in [7, 11) is 0. The van der Waals surface area contributed by atoms with Gasteiger partial charge in [-0.1, -0.05) is 23.7 Å². The van der Waals surface area contributed by atoms with Crippen molar-refractivity contribution in [2.75, 3.05) is 0 Å². The van der Waals surface area contributed by atoms with Crippen LogP contribution in [0.1, 0.15) is 27.8 Å². The molecule has 1 aromatic carbocycles. The molecule has 3 aromatic rings. The van der Waals surface area contributed by atoms with Crippen LogP contribution in [-0.4, -0.2) is 15.1 Å². The Morgan fingerprint density at radius 1 is 0.708 bits per heavy atom. The Bertz CT molecular complexity index is 867. The zero-order valence-electron chi connectivity index (χ0n) is 12.9. The van der Waals surface area contributed by atoms with Crippen LogP contribution in [0.25, 0.3) is 0 Å². The van der Waals surface area contributed by atoms with Crippen LogP contribution >= 0.6 is 0 Å². The molecule has 0 spiro atoms. The number of pyridine rings is 2. The summed E-state index contributed by atoms with van der Waals surface area (Å²) in [6.45, 7) is -0.0516. The molecule has 2 aromatic heterocycles. The van der Waals surface area contributed by atoms with Gasteiger partial charge in [0.15, 0.2) is 0 Å². The van der Waals surface area contributed by atoms with E-state index in [1.54, 1.807) is 24.8 Å². The lowest BCUT2D eigenvalue weighted by Gasteiger charge is -2.00. The summed E-state index contributed by atoms with van der Waals surface area (Å²) in [5, 5.41) is 9.44. The van der Waals surface area contributed by atoms with Crippen molar-refractivity contribution in [1.82, 2.24) is 9.97 Å². The van der Waals surface area contributed by atoms with E-state index in [4.69, 9.17) is 0 Å². The van der Waals surface area contributed by atoms with Gasteiger partial charge < -0.3 is 5.11 Å². The number of hydrogen-bond donors (Lipinski definition) is 1. The standard InChI is InChI=1S/C21H14N2O/c24-16-21-12-19(7-5-17-3-1-9-22-14-17)11-20(13-21)8-6-18-4-2-10-23-15-18/h1-4,9-15,24H,16H2. The van der Waals surface area contributed by atoms with E-state index in [0.29, 0.717) is 0 Å². The van der Waals surface area contributed by atoms with Crippen LogP contribution in [0.3, 0.4) is 0 Å². The molecule has 0 saturated carbocycles. The predicted octanol–water partition coefficient (Wildman–Crippen LogP) is 2.77. The SMILES string of the molecule is OCc1cc(C#Cc2cccnc2)cc(C#Cc2cccnc2)c1. The summed E-state index contributed by atoms with van der Waals surface area (Å²) < 4.78 is 0. The van der Waals surface area contributed by atoms with Crippen molar-refractivity contribution in [1.29, 1.82) is 0 Å². The molecule has 1 N–H and O–H groups in total. The van der Waals surface area contributed by atoms with Gasteiger partial charge in [-0.25, -0.2) is 0 Å². The maximum atomic E-state index is 9.44. The quantitative estimate of drug-likeness (QED) is 0.703. The average Bonchev–Trinajstić information content (AvgIpc) is 2.66. The molecule has 0 unspecified atom stereocenters. The molecule has 0 amide bonds. The third kappa shape index (κ3) is 4.30. The van der Waals surface area contributed by atoms with Crippen LogP contribution in [0, 0.1) is 23.7 Å². The zero-order valence-corrected chi connectivity index (χ0v) is 12.9. The fourth-order valence-corrected chi connectivity index (χ4v) is 2.09. The molecule has 3 rings (SSSR count). The van der Waals surface area contributed by atoms with Gasteiger partial charge in [0.1, 0.15) is 0 Å². The van der Waals surface area contributed by atoms with Gasteiger partial charge in [-0.15, -0.1) is 0 Å². The van der Waals surface area contributed by atoms with Gasteiger partial charge in [0, 0.05) is 47.0 Å². The monoisotopic (exact) mass is 310 g/mol. The minimum Gasteiger partial charge on any atom is -0.392 e. The Hall–Kier alpha value is -3.40. The van der Waals surface area contributed by atoms with Crippen molar-refractivity contribution in [3.63, 3.8) is 0 Å². The number of aliphatic hydroxyl groups is 1. The predicted molar refractivity (Wildman–Crippen MR) is 92.8 cm³/mol. The molecule has 2 heterocycles. The van der Waals surface area contributed by atoms with Gasteiger partial charge in [0.2, 0.25) is 0 Å². The fourth-order valence-electron chi connectivity index (χ4n) is 2.09. The summed E-state index contributed by atoms with van der Waals surface area (Å²) in [5.74, 6) is 12.3. The van der Waals surface area contributed by atoms with Crippen molar-refractivity contribution < 1.29 is 5.11 Å². The number of aromatic nitrogens is 2. The molecule has 24 heavy (non-hydrogen) atoms. The van der Waals surface area contributed by atoms with Crippen LogP contribution in [0.5, 0.6) is 0 Å². The third-order valence-corrected chi connectivity index (χ3v) is 3.20. The van der Waals surface area contributed by atoms with Gasteiger partial charge in [0.05, 0.1) is 6.61 Å². The molecular formula is C21H14N2O. The Morgan fingerprint density at radius 2 is 1.21 bits per heavy atom. The molecule has 0 radical (unpaired) electrons. The maximum Gasteiger partial charge on any atom is 0.0682 e. The average molecular weight is 310 g/mol. The molecule has 0 atom stereocenters. The van der Waals surface area contributed by atoms with E-state index in [9.17, 15) is 5.11 Å². The van der Waals surface area contributed by atoms with Gasteiger partial charge in [0.25, 0.3) is 0 Å². The summed E-state index contributed by atoms with van der Waals surface area (Å²) in [6.07, 6.45) is 6.85. The second-order valence-corrected chi connectivity index (χ2v) is 5.06. The summed E-state index contributed by atoms with van der Waals surface area (Å²) in [4.78, 5) is 8.08. The molecule has 3 nitrogen and oxygen atoms in total. The van der Waals surface area contributed by atoms with Gasteiger partial charge >= 0.3 is 0 Å². The highest BCUT2D eigenvalue weighted by atomic mass is 16.3. The lowest BCUT2D eigenvalue weighted by Crippen LogP contribution is -1.88. The smallest absolute Gasteiger partial charge is 0.0682 e. The highest BCUT2D eigenvalue weighted by molar-refractivity contribution is 5.50. The van der Waals surface area contributed by atoms with E-state index in [1.165, 1.54) is 0 Å². The van der Waals surface area contributed by atoms with Crippen molar-refractivity contribution in [3.8, 4) is 23.7 Å². The maximum absolute atomic E-state index is 9.44. The van der Waals surface area contributed by atoms with Crippen LogP contribution in [-0.2, 0) is 6.61 Å². The second-order valence-electron chi connectivity index (χ2n) is 5.06. The van der Waals surface area contributed by atoms with E-state index in [0.717, 1.165) is 27.8 Å². The molecule has 3 heteroatoms. The van der Waals surface area contributed by atoms with Crippen LogP contribution in [0.4, 0.5) is 0 Å². The van der Waals surface area contributed by atoms with Crippen molar-refractivity contribution in [3.05, 3.63) is 95.1 Å². The molecule has 0 fully saturated rings. The van der Waals surface area contributed by atoms with E-state index >= 15 is 0 Å². The third-order valence-electron chi connectivity index (χ3n) is 3.20. The van der Waals surface area contributed by atoms with Crippen LogP contribution in [0.15, 0.2) is 67.3 Å². The molecule has 0 aliphatic rings. The molecule has 114 valence electrons. The van der Waals surface area contributed by atoms with Crippen molar-refractivity contribution in [2.45, 2.75) is 6.61 Å². The Morgan fingerprint density at radius 3 is 1.62 bits per heavy atom. The molecule has 0 aliphatic carbocycles. The van der Waals surface area contributed by atoms with E-state index < -0.39 is 0 Å². The number of hydrogen-bond acceptors (Lipinski definition) is 3. The topological polar surface area (TPSA) is 46.0 Å². The first-order chi connectivity index (χ1) is 11.8. The number of benzene rings is 1. The largest absolute Gasteiger partial charge is 0.392 e. The highest BCUT2D eigenvalue weighted by Crippen LogP contribution is 2.10. The normalized spacial score (nSPS) is 9.38. The minimum absolute atomic E-state index is 0.0516. The Balaban J connectivity index is 1.92.